The Balaban J connectivity index is 2.90. The van der Waals surface area contributed by atoms with Crippen LogP contribution in [-0.2, 0) is 9.05 Å². The van der Waals surface area contributed by atoms with Gasteiger partial charge < -0.3 is 4.98 Å². The van der Waals surface area contributed by atoms with E-state index in [2.05, 4.69) is 20.9 Å². The van der Waals surface area contributed by atoms with Crippen LogP contribution in [0.2, 0.25) is 5.02 Å². The van der Waals surface area contributed by atoms with Gasteiger partial charge in [-0.3, -0.25) is 0 Å². The van der Waals surface area contributed by atoms with E-state index in [0.717, 1.165) is 0 Å². The molecule has 0 radical (unpaired) electrons. The molecule has 0 amide bonds. The number of halogens is 3. The van der Waals surface area contributed by atoms with Gasteiger partial charge in [0.15, 0.2) is 0 Å². The van der Waals surface area contributed by atoms with Crippen LogP contribution < -0.4 is 0 Å². The molecule has 0 aliphatic carbocycles. The van der Waals surface area contributed by atoms with Gasteiger partial charge in [0.25, 0.3) is 9.05 Å². The molecule has 0 saturated heterocycles. The summed E-state index contributed by atoms with van der Waals surface area (Å²) in [6.07, 6.45) is 1.32. The zero-order valence-electron chi connectivity index (χ0n) is 7.09. The summed E-state index contributed by atoms with van der Waals surface area (Å²) >= 11 is 9.22. The van der Waals surface area contributed by atoms with Crippen LogP contribution in [0, 0.1) is 0 Å². The van der Waals surface area contributed by atoms with E-state index in [1.807, 2.05) is 0 Å². The average molecular weight is 329 g/mol. The Kier molecular flexibility index (Phi) is 2.75. The first kappa shape index (κ1) is 11.3. The molecular weight excluding hydrogens is 325 g/mol. The van der Waals surface area contributed by atoms with Crippen molar-refractivity contribution in [1.29, 1.82) is 0 Å². The van der Waals surface area contributed by atoms with Gasteiger partial charge >= 0.3 is 0 Å². The minimum Gasteiger partial charge on any atom is -0.359 e. The number of nitrogens with one attached hydrogen (secondary N) is 1. The molecule has 3 nitrogen and oxygen atoms in total. The lowest BCUT2D eigenvalue weighted by Gasteiger charge is -1.98. The molecule has 1 N–H and O–H groups in total. The number of hydrogen-bond acceptors (Lipinski definition) is 2. The third-order valence-corrected chi connectivity index (χ3v) is 4.61. The molecule has 15 heavy (non-hydrogen) atoms. The first-order valence-electron chi connectivity index (χ1n) is 3.81. The predicted octanol–water partition coefficient (Wildman–Crippen LogP) is 3.51. The predicted molar refractivity (Wildman–Crippen MR) is 64.0 cm³/mol. The molecule has 0 aliphatic rings. The van der Waals surface area contributed by atoms with Gasteiger partial charge in [0, 0.05) is 26.7 Å². The van der Waals surface area contributed by atoms with Gasteiger partial charge in [0.05, 0.1) is 10.5 Å². The van der Waals surface area contributed by atoms with E-state index in [1.165, 1.54) is 6.20 Å². The van der Waals surface area contributed by atoms with E-state index in [0.29, 0.717) is 20.4 Å². The molecule has 1 aromatic heterocycles. The summed E-state index contributed by atoms with van der Waals surface area (Å²) in [7, 11) is 1.52. The molecule has 0 fully saturated rings. The average Bonchev–Trinajstić information content (AvgIpc) is 2.54. The van der Waals surface area contributed by atoms with Crippen LogP contribution in [0.3, 0.4) is 0 Å². The maximum Gasteiger partial charge on any atom is 0.263 e. The maximum atomic E-state index is 11.2. The maximum absolute atomic E-state index is 11.2. The number of fused-ring (bicyclic) bond motifs is 1. The van der Waals surface area contributed by atoms with Crippen molar-refractivity contribution in [3.8, 4) is 0 Å². The van der Waals surface area contributed by atoms with Gasteiger partial charge in [-0.2, -0.15) is 0 Å². The van der Waals surface area contributed by atoms with Crippen LogP contribution in [-0.4, -0.2) is 13.4 Å². The number of aromatic amines is 1. The molecule has 0 bridgehead atoms. The third-order valence-electron chi connectivity index (χ3n) is 1.97. The lowest BCUT2D eigenvalue weighted by atomic mass is 10.2. The molecule has 2 rings (SSSR count). The van der Waals surface area contributed by atoms with E-state index < -0.39 is 9.05 Å². The van der Waals surface area contributed by atoms with Crippen molar-refractivity contribution in [3.63, 3.8) is 0 Å². The summed E-state index contributed by atoms with van der Waals surface area (Å²) in [6, 6.07) is 3.31. The second-order valence-electron chi connectivity index (χ2n) is 2.87. The minimum absolute atomic E-state index is 0.0357. The van der Waals surface area contributed by atoms with Gasteiger partial charge in [-0.15, -0.1) is 0 Å². The second-order valence-corrected chi connectivity index (χ2v) is 6.64. The highest BCUT2D eigenvalue weighted by Crippen LogP contribution is 2.34. The number of H-pyrrole nitrogens is 1. The Morgan fingerprint density at radius 2 is 2.00 bits per heavy atom. The third kappa shape index (κ3) is 1.89. The molecule has 1 heterocycles. The standard InChI is InChI=1S/C8H4BrCl2NO2S/c9-5-2-1-4-6(15(11,13)14)3-12-8(4)7(5)10/h1-3,12H. The van der Waals surface area contributed by atoms with Gasteiger partial charge in [-0.25, -0.2) is 8.42 Å². The van der Waals surface area contributed by atoms with E-state index in [-0.39, 0.29) is 4.90 Å². The normalized spacial score (nSPS) is 12.2. The van der Waals surface area contributed by atoms with E-state index >= 15 is 0 Å². The lowest BCUT2D eigenvalue weighted by molar-refractivity contribution is 0.610. The van der Waals surface area contributed by atoms with Crippen molar-refractivity contribution < 1.29 is 8.42 Å². The highest BCUT2D eigenvalue weighted by Gasteiger charge is 2.17. The van der Waals surface area contributed by atoms with Crippen molar-refractivity contribution in [2.75, 3.05) is 0 Å². The summed E-state index contributed by atoms with van der Waals surface area (Å²) in [4.78, 5) is 2.81. The lowest BCUT2D eigenvalue weighted by Crippen LogP contribution is -1.87. The Hall–Kier alpha value is -0.230. The fourth-order valence-corrected chi connectivity index (χ4v) is 2.88. The van der Waals surface area contributed by atoms with Crippen molar-refractivity contribution in [2.24, 2.45) is 0 Å². The molecule has 0 unspecified atom stereocenters. The van der Waals surface area contributed by atoms with E-state index in [4.69, 9.17) is 22.3 Å². The highest BCUT2D eigenvalue weighted by atomic mass is 79.9. The fourth-order valence-electron chi connectivity index (χ4n) is 1.31. The van der Waals surface area contributed by atoms with Gasteiger partial charge in [-0.1, -0.05) is 17.7 Å². The van der Waals surface area contributed by atoms with Crippen LogP contribution in [0.15, 0.2) is 27.7 Å². The zero-order valence-corrected chi connectivity index (χ0v) is 11.0. The highest BCUT2D eigenvalue weighted by molar-refractivity contribution is 9.10. The molecule has 0 atom stereocenters. The number of aromatic nitrogens is 1. The van der Waals surface area contributed by atoms with E-state index in [9.17, 15) is 8.42 Å². The van der Waals surface area contributed by atoms with Crippen LogP contribution in [0.4, 0.5) is 0 Å². The largest absolute Gasteiger partial charge is 0.359 e. The number of benzene rings is 1. The Bertz CT molecular complexity index is 635. The first-order valence-corrected chi connectivity index (χ1v) is 7.29. The summed E-state index contributed by atoms with van der Waals surface area (Å²) in [5, 5.41) is 0.914. The van der Waals surface area contributed by atoms with Crippen molar-refractivity contribution in [2.45, 2.75) is 4.90 Å². The second kappa shape index (κ2) is 3.66. The van der Waals surface area contributed by atoms with Gasteiger partial charge in [0.1, 0.15) is 4.90 Å². The quantitative estimate of drug-likeness (QED) is 0.814. The topological polar surface area (TPSA) is 49.9 Å². The van der Waals surface area contributed by atoms with Gasteiger partial charge in [0.2, 0.25) is 0 Å². The molecule has 0 spiro atoms. The molecule has 1 aromatic carbocycles. The van der Waals surface area contributed by atoms with Crippen LogP contribution in [0.25, 0.3) is 10.9 Å². The summed E-state index contributed by atoms with van der Waals surface area (Å²) in [6.45, 7) is 0. The zero-order chi connectivity index (χ0) is 11.2. The summed E-state index contributed by atoms with van der Waals surface area (Å²) in [5.41, 5.74) is 0.547. The minimum atomic E-state index is -3.75. The van der Waals surface area contributed by atoms with Crippen LogP contribution in [0.1, 0.15) is 0 Å². The van der Waals surface area contributed by atoms with Crippen molar-refractivity contribution >= 4 is 58.2 Å². The van der Waals surface area contributed by atoms with Gasteiger partial charge in [-0.05, 0) is 22.0 Å². The smallest absolute Gasteiger partial charge is 0.263 e. The molecular formula is C8H4BrCl2NO2S. The Morgan fingerprint density at radius 3 is 2.60 bits per heavy atom. The molecule has 0 saturated carbocycles. The Labute approximate surface area is 104 Å². The van der Waals surface area contributed by atoms with E-state index in [1.54, 1.807) is 12.1 Å². The molecule has 7 heteroatoms. The van der Waals surface area contributed by atoms with Crippen molar-refractivity contribution in [3.05, 3.63) is 27.8 Å². The van der Waals surface area contributed by atoms with Crippen molar-refractivity contribution in [1.82, 2.24) is 4.98 Å². The monoisotopic (exact) mass is 327 g/mol. The summed E-state index contributed by atoms with van der Waals surface area (Å²) in [5.74, 6) is 0. The fraction of sp³-hybridized carbons (Fsp3) is 0. The van der Waals surface area contributed by atoms with Crippen LogP contribution >= 0.6 is 38.2 Å². The summed E-state index contributed by atoms with van der Waals surface area (Å²) < 4.78 is 23.1. The number of hydrogen-bond donors (Lipinski definition) is 1. The number of rotatable bonds is 1. The SMILES string of the molecule is O=S(=O)(Cl)c1c[nH]c2c(Cl)c(Br)ccc12. The van der Waals surface area contributed by atoms with Crippen LogP contribution in [0.5, 0.6) is 0 Å². The molecule has 0 aliphatic heterocycles. The molecule has 80 valence electrons. The molecule has 2 aromatic rings. The Morgan fingerprint density at radius 1 is 1.33 bits per heavy atom. The first-order chi connectivity index (χ1) is 6.91.